The van der Waals surface area contributed by atoms with Gasteiger partial charge in [-0.15, -0.1) is 0 Å². The summed E-state index contributed by atoms with van der Waals surface area (Å²) in [7, 11) is 1.66. The second-order valence-electron chi connectivity index (χ2n) is 7.21. The minimum absolute atomic E-state index is 0.290. The summed E-state index contributed by atoms with van der Waals surface area (Å²) in [5.74, 6) is 1.72. The first-order chi connectivity index (χ1) is 14.3. The quantitative estimate of drug-likeness (QED) is 0.617. The highest BCUT2D eigenvalue weighted by atomic mass is 16.5. The van der Waals surface area contributed by atoms with E-state index in [0.29, 0.717) is 6.04 Å². The highest BCUT2D eigenvalue weighted by Gasteiger charge is 2.21. The van der Waals surface area contributed by atoms with E-state index in [2.05, 4.69) is 41.9 Å². The van der Waals surface area contributed by atoms with E-state index in [-0.39, 0.29) is 6.29 Å². The number of hydrogen-bond acceptors (Lipinski definition) is 7. The van der Waals surface area contributed by atoms with Crippen LogP contribution in [0.2, 0.25) is 0 Å². The molecule has 4 heterocycles. The third-order valence-corrected chi connectivity index (χ3v) is 5.35. The third-order valence-electron chi connectivity index (χ3n) is 5.35. The van der Waals surface area contributed by atoms with Crippen molar-refractivity contribution < 1.29 is 4.74 Å². The zero-order valence-electron chi connectivity index (χ0n) is 16.2. The molecular weight excluding hydrogens is 368 g/mol. The molecule has 1 fully saturated rings. The molecule has 0 amide bonds. The van der Waals surface area contributed by atoms with Gasteiger partial charge in [0.05, 0.1) is 31.3 Å². The number of nitrogens with zero attached hydrogens (tertiary/aromatic N) is 5. The highest BCUT2D eigenvalue weighted by Crippen LogP contribution is 2.25. The van der Waals surface area contributed by atoms with Crippen LogP contribution < -0.4 is 20.7 Å². The molecule has 0 spiro atoms. The lowest BCUT2D eigenvalue weighted by Gasteiger charge is -2.23. The summed E-state index contributed by atoms with van der Waals surface area (Å²) in [6.45, 7) is 2.08. The second-order valence-corrected chi connectivity index (χ2v) is 7.21. The minimum Gasteiger partial charge on any atom is -0.497 e. The summed E-state index contributed by atoms with van der Waals surface area (Å²) in [6.07, 6.45) is 9.42. The van der Waals surface area contributed by atoms with Crippen LogP contribution in [-0.2, 0) is 0 Å². The van der Waals surface area contributed by atoms with Gasteiger partial charge < -0.3 is 20.7 Å². The lowest BCUT2D eigenvalue weighted by atomic mass is 10.1. The van der Waals surface area contributed by atoms with Crippen LogP contribution in [0.5, 0.6) is 5.75 Å². The van der Waals surface area contributed by atoms with Gasteiger partial charge in [0.15, 0.2) is 6.29 Å². The number of aromatic nitrogens is 4. The van der Waals surface area contributed by atoms with Crippen molar-refractivity contribution in [3.8, 4) is 11.4 Å². The van der Waals surface area contributed by atoms with E-state index in [0.717, 1.165) is 54.6 Å². The van der Waals surface area contributed by atoms with E-state index in [1.54, 1.807) is 19.7 Å². The van der Waals surface area contributed by atoms with Gasteiger partial charge in [-0.1, -0.05) is 0 Å². The zero-order valence-corrected chi connectivity index (χ0v) is 16.2. The summed E-state index contributed by atoms with van der Waals surface area (Å²) in [5.41, 5.74) is 2.75. The number of piperidine rings is 1. The number of anilines is 2. The van der Waals surface area contributed by atoms with Gasteiger partial charge in [0.25, 0.3) is 0 Å². The van der Waals surface area contributed by atoms with E-state index in [4.69, 9.17) is 4.74 Å². The molecule has 2 aliphatic heterocycles. The lowest BCUT2D eigenvalue weighted by molar-refractivity contribution is 0.343. The molecule has 9 heteroatoms. The normalized spacial score (nSPS) is 18.9. The Hall–Kier alpha value is -3.33. The summed E-state index contributed by atoms with van der Waals surface area (Å²) in [5, 5.41) is 14.7. The summed E-state index contributed by atoms with van der Waals surface area (Å²) in [6, 6.07) is 8.32. The Kier molecular flexibility index (Phi) is 4.65. The molecule has 1 aromatic carbocycles. The number of fused-ring (bicyclic) bond motifs is 1. The number of aliphatic imine (C=N–C) groups is 1. The largest absolute Gasteiger partial charge is 0.497 e. The van der Waals surface area contributed by atoms with Gasteiger partial charge in [0.1, 0.15) is 23.6 Å². The van der Waals surface area contributed by atoms with Crippen LogP contribution in [0.4, 0.5) is 11.5 Å². The maximum Gasteiger partial charge on any atom is 0.195 e. The molecular formula is C20H24N8O. The molecule has 2 aromatic heterocycles. The van der Waals surface area contributed by atoms with Crippen molar-refractivity contribution >= 4 is 17.7 Å². The number of hydrogen-bond donors (Lipinski definition) is 3. The van der Waals surface area contributed by atoms with Crippen LogP contribution in [0.25, 0.3) is 5.69 Å². The predicted molar refractivity (Wildman–Crippen MR) is 112 cm³/mol. The van der Waals surface area contributed by atoms with Crippen molar-refractivity contribution in [2.75, 3.05) is 30.8 Å². The molecule has 9 nitrogen and oxygen atoms in total. The Labute approximate surface area is 168 Å². The first kappa shape index (κ1) is 17.7. The van der Waals surface area contributed by atoms with Gasteiger partial charge in [-0.05, 0) is 50.2 Å². The van der Waals surface area contributed by atoms with Crippen LogP contribution in [0, 0.1) is 0 Å². The van der Waals surface area contributed by atoms with E-state index >= 15 is 0 Å². The average Bonchev–Trinajstić information content (AvgIpc) is 3.41. The SMILES string of the molecule is COc1ccc(-n2cnc3c2NC(Nc2cnn(C4CCNCC4)c2)N=C3)cc1. The van der Waals surface area contributed by atoms with Gasteiger partial charge in [0, 0.05) is 11.9 Å². The van der Waals surface area contributed by atoms with E-state index in [1.165, 1.54) is 0 Å². The van der Waals surface area contributed by atoms with E-state index in [9.17, 15) is 0 Å². The minimum atomic E-state index is -0.290. The van der Waals surface area contributed by atoms with Gasteiger partial charge >= 0.3 is 0 Å². The number of ether oxygens (including phenoxy) is 1. The molecule has 0 radical (unpaired) electrons. The monoisotopic (exact) mass is 392 g/mol. The maximum atomic E-state index is 5.25. The van der Waals surface area contributed by atoms with Crippen LogP contribution >= 0.6 is 0 Å². The molecule has 2 aliphatic rings. The molecule has 5 rings (SSSR count). The van der Waals surface area contributed by atoms with Crippen LogP contribution in [0.15, 0.2) is 48.0 Å². The zero-order chi connectivity index (χ0) is 19.6. The molecule has 3 aromatic rings. The van der Waals surface area contributed by atoms with Crippen LogP contribution in [0.3, 0.4) is 0 Å². The average molecular weight is 392 g/mol. The molecule has 1 saturated heterocycles. The van der Waals surface area contributed by atoms with Crippen molar-refractivity contribution in [3.63, 3.8) is 0 Å². The first-order valence-corrected chi connectivity index (χ1v) is 9.83. The van der Waals surface area contributed by atoms with Crippen molar-refractivity contribution in [2.45, 2.75) is 25.2 Å². The summed E-state index contributed by atoms with van der Waals surface area (Å²) in [4.78, 5) is 8.98. The third kappa shape index (κ3) is 3.56. The number of benzene rings is 1. The second kappa shape index (κ2) is 7.59. The molecule has 3 N–H and O–H groups in total. The van der Waals surface area contributed by atoms with E-state index in [1.807, 2.05) is 35.0 Å². The summed E-state index contributed by atoms with van der Waals surface area (Å²) >= 11 is 0. The van der Waals surface area contributed by atoms with Crippen molar-refractivity contribution in [1.82, 2.24) is 24.6 Å². The Morgan fingerprint density at radius 2 is 2.00 bits per heavy atom. The Morgan fingerprint density at radius 3 is 2.79 bits per heavy atom. The Balaban J connectivity index is 1.31. The van der Waals surface area contributed by atoms with Crippen molar-refractivity contribution in [1.29, 1.82) is 0 Å². The Morgan fingerprint density at radius 1 is 1.17 bits per heavy atom. The molecule has 150 valence electrons. The fourth-order valence-corrected chi connectivity index (χ4v) is 3.77. The lowest BCUT2D eigenvalue weighted by Crippen LogP contribution is -2.31. The topological polar surface area (TPSA) is 93.3 Å². The summed E-state index contributed by atoms with van der Waals surface area (Å²) < 4.78 is 9.31. The molecule has 29 heavy (non-hydrogen) atoms. The number of imidazole rings is 1. The fourth-order valence-electron chi connectivity index (χ4n) is 3.77. The van der Waals surface area contributed by atoms with Gasteiger partial charge in [-0.2, -0.15) is 5.10 Å². The number of nitrogens with one attached hydrogen (secondary N) is 3. The molecule has 1 unspecified atom stereocenters. The van der Waals surface area contributed by atoms with Gasteiger partial charge in [-0.25, -0.2) is 9.98 Å². The predicted octanol–water partition coefficient (Wildman–Crippen LogP) is 2.24. The van der Waals surface area contributed by atoms with Crippen molar-refractivity contribution in [3.05, 3.63) is 48.7 Å². The van der Waals surface area contributed by atoms with Gasteiger partial charge in [0.2, 0.25) is 0 Å². The van der Waals surface area contributed by atoms with E-state index < -0.39 is 0 Å². The first-order valence-electron chi connectivity index (χ1n) is 9.83. The smallest absolute Gasteiger partial charge is 0.195 e. The molecule has 0 aliphatic carbocycles. The van der Waals surface area contributed by atoms with Crippen LogP contribution in [0.1, 0.15) is 24.6 Å². The number of methoxy groups -OCH3 is 1. The van der Waals surface area contributed by atoms with Gasteiger partial charge in [-0.3, -0.25) is 9.25 Å². The standard InChI is InChI=1S/C20H24N8O/c1-29-17-4-2-15(3-5-17)27-13-23-18-11-22-20(26-19(18)27)25-14-10-24-28(12-14)16-6-8-21-9-7-16/h2-5,10-13,16,20-21,25-26H,6-9H2,1H3. The fraction of sp³-hybridized carbons (Fsp3) is 0.350. The van der Waals surface area contributed by atoms with Crippen molar-refractivity contribution in [2.24, 2.45) is 4.99 Å². The highest BCUT2D eigenvalue weighted by molar-refractivity contribution is 5.87. The molecule has 1 atom stereocenters. The maximum absolute atomic E-state index is 5.25. The molecule has 0 bridgehead atoms. The van der Waals surface area contributed by atoms with Crippen LogP contribution in [-0.4, -0.2) is 52.0 Å². The Bertz CT molecular complexity index is 1000. The molecule has 0 saturated carbocycles. The number of rotatable bonds is 5.